The zero-order valence-corrected chi connectivity index (χ0v) is 11.4. The topological polar surface area (TPSA) is 157 Å². The van der Waals surface area contributed by atoms with E-state index in [1.807, 2.05) is 0 Å². The lowest BCUT2D eigenvalue weighted by atomic mass is 10.0. The van der Waals surface area contributed by atoms with Crippen LogP contribution in [0.15, 0.2) is 36.4 Å². The Morgan fingerprint density at radius 2 is 1.09 bits per heavy atom. The van der Waals surface area contributed by atoms with E-state index in [9.17, 15) is 9.59 Å². The first kappa shape index (κ1) is 15.0. The molecule has 8 nitrogen and oxygen atoms in total. The molecule has 2 aromatic rings. The van der Waals surface area contributed by atoms with Crippen molar-refractivity contribution in [3.05, 3.63) is 36.4 Å². The lowest BCUT2D eigenvalue weighted by Crippen LogP contribution is -2.17. The van der Waals surface area contributed by atoms with Crippen molar-refractivity contribution in [1.82, 2.24) is 0 Å². The van der Waals surface area contributed by atoms with Crippen molar-refractivity contribution in [1.29, 1.82) is 0 Å². The van der Waals surface area contributed by atoms with Gasteiger partial charge < -0.3 is 32.4 Å². The van der Waals surface area contributed by atoms with Crippen LogP contribution in [-0.2, 0) is 0 Å². The number of benzene rings is 2. The second-order valence-electron chi connectivity index (χ2n) is 4.35. The van der Waals surface area contributed by atoms with Gasteiger partial charge >= 0.3 is 12.2 Å². The molecule has 114 valence electrons. The molecule has 8 N–H and O–H groups in total. The summed E-state index contributed by atoms with van der Waals surface area (Å²) in [7, 11) is 0. The number of anilines is 2. The van der Waals surface area contributed by atoms with E-state index in [4.69, 9.17) is 32.4 Å². The first-order valence-electron chi connectivity index (χ1n) is 6.11. The summed E-state index contributed by atoms with van der Waals surface area (Å²) in [4.78, 5) is 21.7. The molecule has 0 unspecified atom stereocenters. The van der Waals surface area contributed by atoms with Crippen molar-refractivity contribution in [2.75, 3.05) is 11.5 Å². The highest BCUT2D eigenvalue weighted by Gasteiger charge is 2.10. The van der Waals surface area contributed by atoms with E-state index >= 15 is 0 Å². The molecule has 0 radical (unpaired) electrons. The van der Waals surface area contributed by atoms with Crippen LogP contribution in [0.3, 0.4) is 0 Å². The second-order valence-corrected chi connectivity index (χ2v) is 4.35. The van der Waals surface area contributed by atoms with E-state index < -0.39 is 12.2 Å². The SMILES string of the molecule is NC(=O)Oc1cc(-c2ccc(N)c(OC(N)=O)c2)ccc1N. The normalized spacial score (nSPS) is 10.0. The van der Waals surface area contributed by atoms with Crippen LogP contribution in [-0.4, -0.2) is 12.2 Å². The zero-order chi connectivity index (χ0) is 16.3. The molecule has 0 aliphatic rings. The van der Waals surface area contributed by atoms with Gasteiger partial charge in [-0.1, -0.05) is 12.1 Å². The summed E-state index contributed by atoms with van der Waals surface area (Å²) in [6.45, 7) is 0. The molecule has 0 atom stereocenters. The Hall–Kier alpha value is -3.42. The number of nitrogen functional groups attached to an aromatic ring is 2. The highest BCUT2D eigenvalue weighted by molar-refractivity contribution is 5.78. The Balaban J connectivity index is 2.43. The predicted octanol–water partition coefficient (Wildman–Crippen LogP) is 1.43. The third-order valence-electron chi connectivity index (χ3n) is 2.78. The van der Waals surface area contributed by atoms with Gasteiger partial charge in [0.2, 0.25) is 0 Å². The van der Waals surface area contributed by atoms with E-state index in [1.165, 1.54) is 12.1 Å². The molecule has 22 heavy (non-hydrogen) atoms. The van der Waals surface area contributed by atoms with Crippen LogP contribution in [0, 0.1) is 0 Å². The minimum atomic E-state index is -0.973. The van der Waals surface area contributed by atoms with Gasteiger partial charge in [-0.15, -0.1) is 0 Å². The van der Waals surface area contributed by atoms with Gasteiger partial charge in [0.15, 0.2) is 11.5 Å². The van der Waals surface area contributed by atoms with Crippen molar-refractivity contribution < 1.29 is 19.1 Å². The number of hydrogen-bond donors (Lipinski definition) is 4. The molecule has 0 saturated heterocycles. The van der Waals surface area contributed by atoms with Crippen LogP contribution in [0.5, 0.6) is 11.5 Å². The first-order valence-corrected chi connectivity index (χ1v) is 6.11. The monoisotopic (exact) mass is 302 g/mol. The summed E-state index contributed by atoms with van der Waals surface area (Å²) in [6.07, 6.45) is -1.95. The molecule has 0 saturated carbocycles. The summed E-state index contributed by atoms with van der Waals surface area (Å²) in [5.41, 5.74) is 23.2. The predicted molar refractivity (Wildman–Crippen MR) is 81.1 cm³/mol. The summed E-state index contributed by atoms with van der Waals surface area (Å²) >= 11 is 0. The minimum Gasteiger partial charge on any atom is -0.408 e. The largest absolute Gasteiger partial charge is 0.410 e. The van der Waals surface area contributed by atoms with E-state index in [0.717, 1.165) is 0 Å². The first-order chi connectivity index (χ1) is 10.4. The third-order valence-corrected chi connectivity index (χ3v) is 2.78. The number of rotatable bonds is 3. The van der Waals surface area contributed by atoms with Crippen molar-refractivity contribution in [3.63, 3.8) is 0 Å². The van der Waals surface area contributed by atoms with Gasteiger partial charge in [0.25, 0.3) is 0 Å². The van der Waals surface area contributed by atoms with Gasteiger partial charge in [-0.05, 0) is 35.4 Å². The highest BCUT2D eigenvalue weighted by atomic mass is 16.6. The maximum absolute atomic E-state index is 10.8. The fourth-order valence-electron chi connectivity index (χ4n) is 1.82. The molecule has 0 aliphatic heterocycles. The zero-order valence-electron chi connectivity index (χ0n) is 11.4. The molecule has 2 amide bonds. The molecule has 0 bridgehead atoms. The fourth-order valence-corrected chi connectivity index (χ4v) is 1.82. The number of carbonyl (C=O) groups excluding carboxylic acids is 2. The number of hydrogen-bond acceptors (Lipinski definition) is 6. The molecule has 2 aromatic carbocycles. The number of nitrogens with two attached hydrogens (primary N) is 4. The van der Waals surface area contributed by atoms with Gasteiger partial charge in [-0.25, -0.2) is 9.59 Å². The smallest absolute Gasteiger partial charge is 0.408 e. The second kappa shape index (κ2) is 5.92. The molecular weight excluding hydrogens is 288 g/mol. The molecule has 0 heterocycles. The maximum Gasteiger partial charge on any atom is 0.410 e. The molecule has 0 fully saturated rings. The maximum atomic E-state index is 10.8. The van der Waals surface area contributed by atoms with E-state index in [1.54, 1.807) is 24.3 Å². The van der Waals surface area contributed by atoms with Crippen molar-refractivity contribution in [2.45, 2.75) is 0 Å². The molecule has 2 rings (SSSR count). The minimum absolute atomic E-state index is 0.124. The van der Waals surface area contributed by atoms with Crippen molar-refractivity contribution in [3.8, 4) is 22.6 Å². The summed E-state index contributed by atoms with van der Waals surface area (Å²) in [6, 6.07) is 9.56. The van der Waals surface area contributed by atoms with Gasteiger partial charge in [-0.2, -0.15) is 0 Å². The molecular formula is C14H14N4O4. The average Bonchev–Trinajstić information content (AvgIpc) is 2.43. The van der Waals surface area contributed by atoms with Crippen LogP contribution in [0.25, 0.3) is 11.1 Å². The Labute approximate surface area is 125 Å². The fraction of sp³-hybridized carbons (Fsp3) is 0. The summed E-state index contributed by atoms with van der Waals surface area (Å²) < 4.78 is 9.62. The van der Waals surface area contributed by atoms with Crippen LogP contribution >= 0.6 is 0 Å². The van der Waals surface area contributed by atoms with Crippen LogP contribution in [0.2, 0.25) is 0 Å². The highest BCUT2D eigenvalue weighted by Crippen LogP contribution is 2.33. The number of primary amides is 2. The van der Waals surface area contributed by atoms with E-state index in [-0.39, 0.29) is 22.9 Å². The Kier molecular flexibility index (Phi) is 4.03. The molecule has 0 aromatic heterocycles. The lowest BCUT2D eigenvalue weighted by molar-refractivity contribution is 0.210. The average molecular weight is 302 g/mol. The quantitative estimate of drug-likeness (QED) is 0.628. The van der Waals surface area contributed by atoms with Gasteiger partial charge in [-0.3, -0.25) is 0 Å². The summed E-state index contributed by atoms with van der Waals surface area (Å²) in [5.74, 6) is 0.249. The third kappa shape index (κ3) is 3.37. The van der Waals surface area contributed by atoms with Crippen molar-refractivity contribution in [2.24, 2.45) is 11.5 Å². The molecule has 0 aliphatic carbocycles. The van der Waals surface area contributed by atoms with Gasteiger partial charge in [0.05, 0.1) is 11.4 Å². The number of ether oxygens (including phenoxy) is 2. The van der Waals surface area contributed by atoms with Gasteiger partial charge in [0.1, 0.15) is 0 Å². The Morgan fingerprint density at radius 1 is 0.727 bits per heavy atom. The van der Waals surface area contributed by atoms with Crippen molar-refractivity contribution >= 4 is 23.6 Å². The lowest BCUT2D eigenvalue weighted by Gasteiger charge is -2.10. The number of carbonyl (C=O) groups is 2. The van der Waals surface area contributed by atoms with Crippen LogP contribution in [0.4, 0.5) is 21.0 Å². The molecule has 0 spiro atoms. The van der Waals surface area contributed by atoms with Gasteiger partial charge in [0, 0.05) is 0 Å². The Bertz CT molecular complexity index is 682. The Morgan fingerprint density at radius 3 is 1.41 bits per heavy atom. The number of amides is 2. The van der Waals surface area contributed by atoms with E-state index in [0.29, 0.717) is 11.1 Å². The van der Waals surface area contributed by atoms with Crippen LogP contribution < -0.4 is 32.4 Å². The summed E-state index contributed by atoms with van der Waals surface area (Å²) in [5, 5.41) is 0. The standard InChI is InChI=1S/C14H14N4O4/c15-9-3-1-7(5-11(9)21-13(17)19)8-2-4-10(16)12(6-8)22-14(18)20/h1-6H,15-16H2,(H2,17,19)(H2,18,20). The van der Waals surface area contributed by atoms with Crippen LogP contribution in [0.1, 0.15) is 0 Å². The van der Waals surface area contributed by atoms with E-state index in [2.05, 4.69) is 0 Å². The molecule has 8 heteroatoms.